The second kappa shape index (κ2) is 5.20. The third kappa shape index (κ3) is 2.79. The highest BCUT2D eigenvalue weighted by atomic mass is 32.2. The first-order chi connectivity index (χ1) is 9.30. The van der Waals surface area contributed by atoms with E-state index < -0.39 is 22.0 Å². The molecule has 0 amide bonds. The molecule has 0 saturated carbocycles. The van der Waals surface area contributed by atoms with Gasteiger partial charge in [0.15, 0.2) is 11.5 Å². The van der Waals surface area contributed by atoms with Gasteiger partial charge >= 0.3 is 5.97 Å². The number of fused-ring (bicyclic) bond motifs is 1. The van der Waals surface area contributed by atoms with Crippen LogP contribution >= 0.6 is 0 Å². The lowest BCUT2D eigenvalue weighted by Gasteiger charge is -2.27. The summed E-state index contributed by atoms with van der Waals surface area (Å²) in [5.74, 6) is -0.318. The van der Waals surface area contributed by atoms with Crippen LogP contribution in [-0.2, 0) is 14.8 Å². The molecule has 1 aromatic rings. The maximum Gasteiger partial charge on any atom is 0.327 e. The van der Waals surface area contributed by atoms with Crippen LogP contribution in [0.5, 0.6) is 11.5 Å². The van der Waals surface area contributed by atoms with Gasteiger partial charge in [0.25, 0.3) is 0 Å². The van der Waals surface area contributed by atoms with E-state index in [0.29, 0.717) is 24.7 Å². The zero-order chi connectivity index (χ0) is 14.9. The zero-order valence-electron chi connectivity index (χ0n) is 11.1. The van der Waals surface area contributed by atoms with Gasteiger partial charge in [0.1, 0.15) is 19.3 Å². The number of nitrogens with zero attached hydrogens (tertiary/aromatic N) is 1. The molecule has 0 fully saturated rings. The minimum Gasteiger partial charge on any atom is -0.486 e. The Balaban J connectivity index is 2.47. The second-order valence-corrected chi connectivity index (χ2v) is 6.26. The number of ether oxygens (including phenoxy) is 2. The van der Waals surface area contributed by atoms with E-state index in [9.17, 15) is 13.2 Å². The predicted octanol–water partition coefficient (Wildman–Crippen LogP) is 0.697. The van der Waals surface area contributed by atoms with Gasteiger partial charge in [-0.1, -0.05) is 0 Å². The van der Waals surface area contributed by atoms with Gasteiger partial charge in [-0.05, 0) is 19.1 Å². The van der Waals surface area contributed by atoms with Crippen LogP contribution in [0.15, 0.2) is 18.2 Å². The third-order valence-corrected chi connectivity index (χ3v) is 4.09. The molecule has 20 heavy (non-hydrogen) atoms. The number of carboxylic acid groups (broad SMARTS) is 1. The molecule has 0 aliphatic carbocycles. The number of hydrogen-bond acceptors (Lipinski definition) is 5. The van der Waals surface area contributed by atoms with E-state index in [1.807, 2.05) is 0 Å². The van der Waals surface area contributed by atoms with Crippen LogP contribution in [0, 0.1) is 0 Å². The van der Waals surface area contributed by atoms with Gasteiger partial charge in [-0.25, -0.2) is 13.2 Å². The van der Waals surface area contributed by atoms with Gasteiger partial charge < -0.3 is 14.6 Å². The molecule has 1 aliphatic rings. The molecule has 2 rings (SSSR count). The van der Waals surface area contributed by atoms with E-state index in [-0.39, 0.29) is 5.69 Å². The lowest BCUT2D eigenvalue weighted by atomic mass is 10.2. The number of rotatable bonds is 4. The smallest absolute Gasteiger partial charge is 0.327 e. The van der Waals surface area contributed by atoms with E-state index >= 15 is 0 Å². The molecule has 8 heteroatoms. The molecule has 0 aromatic heterocycles. The first-order valence-electron chi connectivity index (χ1n) is 5.92. The normalized spacial score (nSPS) is 15.5. The summed E-state index contributed by atoms with van der Waals surface area (Å²) < 4.78 is 35.2. The third-order valence-electron chi connectivity index (χ3n) is 2.85. The monoisotopic (exact) mass is 301 g/mol. The minimum atomic E-state index is -3.73. The van der Waals surface area contributed by atoms with Crippen LogP contribution in [0.1, 0.15) is 6.92 Å². The average molecular weight is 301 g/mol. The van der Waals surface area contributed by atoms with Crippen molar-refractivity contribution in [3.8, 4) is 11.5 Å². The summed E-state index contributed by atoms with van der Waals surface area (Å²) in [6, 6.07) is 3.31. The van der Waals surface area contributed by atoms with E-state index in [2.05, 4.69) is 0 Å². The molecule has 1 heterocycles. The molecule has 110 valence electrons. The summed E-state index contributed by atoms with van der Waals surface area (Å²) in [7, 11) is -3.73. The fraction of sp³-hybridized carbons (Fsp3) is 0.417. The summed E-state index contributed by atoms with van der Waals surface area (Å²) in [6.07, 6.45) is 0.962. The van der Waals surface area contributed by atoms with Crippen molar-refractivity contribution in [2.24, 2.45) is 0 Å². The highest BCUT2D eigenvalue weighted by Crippen LogP contribution is 2.35. The van der Waals surface area contributed by atoms with Crippen molar-refractivity contribution in [2.45, 2.75) is 13.0 Å². The van der Waals surface area contributed by atoms with Gasteiger partial charge in [0.05, 0.1) is 11.9 Å². The number of carboxylic acids is 1. The Bertz CT molecular complexity index is 627. The zero-order valence-corrected chi connectivity index (χ0v) is 11.9. The van der Waals surface area contributed by atoms with Gasteiger partial charge in [-0.2, -0.15) is 0 Å². The molecule has 7 nitrogen and oxygen atoms in total. The molecule has 1 unspecified atom stereocenters. The standard InChI is InChI=1S/C12H15NO6S/c1-8(12(14)15)13(20(2,16)17)9-3-4-10-11(7-9)19-6-5-18-10/h3-4,7-8H,5-6H2,1-2H3,(H,14,15). The van der Waals surface area contributed by atoms with Gasteiger partial charge in [-0.3, -0.25) is 4.31 Å². The molecule has 1 aliphatic heterocycles. The van der Waals surface area contributed by atoms with Crippen LogP contribution in [-0.4, -0.2) is 45.0 Å². The van der Waals surface area contributed by atoms with E-state index in [4.69, 9.17) is 14.6 Å². The maximum atomic E-state index is 11.8. The molecule has 1 atom stereocenters. The number of aliphatic carboxylic acids is 1. The average Bonchev–Trinajstić information content (AvgIpc) is 2.37. The van der Waals surface area contributed by atoms with E-state index in [1.54, 1.807) is 6.07 Å². The fourth-order valence-corrected chi connectivity index (χ4v) is 3.13. The Kier molecular flexibility index (Phi) is 3.76. The van der Waals surface area contributed by atoms with Crippen molar-refractivity contribution in [1.29, 1.82) is 0 Å². The number of benzene rings is 1. The Morgan fingerprint density at radius 2 is 1.90 bits per heavy atom. The lowest BCUT2D eigenvalue weighted by Crippen LogP contribution is -2.42. The van der Waals surface area contributed by atoms with Gasteiger partial charge in [-0.15, -0.1) is 0 Å². The summed E-state index contributed by atoms with van der Waals surface area (Å²) in [4.78, 5) is 11.1. The van der Waals surface area contributed by atoms with Crippen LogP contribution in [0.2, 0.25) is 0 Å². The first kappa shape index (κ1) is 14.4. The van der Waals surface area contributed by atoms with Crippen molar-refractivity contribution in [3.63, 3.8) is 0 Å². The van der Waals surface area contributed by atoms with Crippen molar-refractivity contribution in [2.75, 3.05) is 23.8 Å². The summed E-state index contributed by atoms with van der Waals surface area (Å²) in [6.45, 7) is 2.09. The molecule has 1 N–H and O–H groups in total. The molecular weight excluding hydrogens is 286 g/mol. The number of sulfonamides is 1. The molecule has 0 radical (unpaired) electrons. The van der Waals surface area contributed by atoms with Crippen molar-refractivity contribution >= 4 is 21.7 Å². The van der Waals surface area contributed by atoms with Crippen molar-refractivity contribution < 1.29 is 27.8 Å². The van der Waals surface area contributed by atoms with E-state index in [1.165, 1.54) is 19.1 Å². The Morgan fingerprint density at radius 1 is 1.30 bits per heavy atom. The number of carbonyl (C=O) groups is 1. The Hall–Kier alpha value is -1.96. The first-order valence-corrected chi connectivity index (χ1v) is 7.77. The topological polar surface area (TPSA) is 93.1 Å². The van der Waals surface area contributed by atoms with Crippen molar-refractivity contribution in [1.82, 2.24) is 0 Å². The number of anilines is 1. The summed E-state index contributed by atoms with van der Waals surface area (Å²) >= 11 is 0. The van der Waals surface area contributed by atoms with E-state index in [0.717, 1.165) is 10.6 Å². The molecule has 0 bridgehead atoms. The van der Waals surface area contributed by atoms with Gasteiger partial charge in [0, 0.05) is 6.07 Å². The molecular formula is C12H15NO6S. The highest BCUT2D eigenvalue weighted by molar-refractivity contribution is 7.92. The van der Waals surface area contributed by atoms with Crippen LogP contribution in [0.25, 0.3) is 0 Å². The highest BCUT2D eigenvalue weighted by Gasteiger charge is 2.29. The summed E-state index contributed by atoms with van der Waals surface area (Å²) in [5, 5.41) is 9.05. The Labute approximate surface area is 116 Å². The quantitative estimate of drug-likeness (QED) is 0.880. The maximum absolute atomic E-state index is 11.8. The SMILES string of the molecule is CC(C(=O)O)N(c1ccc2c(c1)OCCO2)S(C)(=O)=O. The molecule has 0 saturated heterocycles. The largest absolute Gasteiger partial charge is 0.486 e. The molecule has 1 aromatic carbocycles. The second-order valence-electron chi connectivity index (χ2n) is 4.40. The fourth-order valence-electron chi connectivity index (χ4n) is 1.97. The minimum absolute atomic E-state index is 0.228. The van der Waals surface area contributed by atoms with Crippen LogP contribution in [0.3, 0.4) is 0 Å². The predicted molar refractivity (Wildman–Crippen MR) is 71.9 cm³/mol. The Morgan fingerprint density at radius 3 is 2.45 bits per heavy atom. The summed E-state index contributed by atoms with van der Waals surface area (Å²) in [5.41, 5.74) is 0.228. The van der Waals surface area contributed by atoms with Crippen molar-refractivity contribution in [3.05, 3.63) is 18.2 Å². The molecule has 0 spiro atoms. The van der Waals surface area contributed by atoms with Crippen LogP contribution < -0.4 is 13.8 Å². The van der Waals surface area contributed by atoms with Gasteiger partial charge in [0.2, 0.25) is 10.0 Å². The number of hydrogen-bond donors (Lipinski definition) is 1. The lowest BCUT2D eigenvalue weighted by molar-refractivity contribution is -0.137. The van der Waals surface area contributed by atoms with Crippen LogP contribution in [0.4, 0.5) is 5.69 Å².